The minimum absolute atomic E-state index is 0.0345. The van der Waals surface area contributed by atoms with Crippen molar-refractivity contribution in [2.24, 2.45) is 11.8 Å². The number of hydrogen-bond donors (Lipinski definition) is 1. The first-order chi connectivity index (χ1) is 12.4. The highest BCUT2D eigenvalue weighted by Crippen LogP contribution is 2.27. The molecule has 7 nitrogen and oxygen atoms in total. The average molecular weight is 380 g/mol. The quantitative estimate of drug-likeness (QED) is 0.852. The number of amides is 1. The van der Waals surface area contributed by atoms with Crippen molar-refractivity contribution in [3.8, 4) is 0 Å². The summed E-state index contributed by atoms with van der Waals surface area (Å²) in [7, 11) is -3.53. The van der Waals surface area contributed by atoms with Crippen molar-refractivity contribution < 1.29 is 23.1 Å². The summed E-state index contributed by atoms with van der Waals surface area (Å²) < 4.78 is 26.7. The van der Waals surface area contributed by atoms with E-state index in [-0.39, 0.29) is 23.3 Å². The number of likely N-dealkylation sites (tertiary alicyclic amines) is 1. The molecule has 2 heterocycles. The van der Waals surface area contributed by atoms with Crippen molar-refractivity contribution in [2.75, 3.05) is 26.2 Å². The van der Waals surface area contributed by atoms with E-state index in [0.29, 0.717) is 45.3 Å². The molecule has 1 aromatic carbocycles. The van der Waals surface area contributed by atoms with Gasteiger partial charge in [-0.05, 0) is 37.8 Å². The Kier molecular flexibility index (Phi) is 5.62. The van der Waals surface area contributed by atoms with Crippen LogP contribution in [0.5, 0.6) is 0 Å². The van der Waals surface area contributed by atoms with E-state index in [2.05, 4.69) is 0 Å². The predicted octanol–water partition coefficient (Wildman–Crippen LogP) is 1.41. The van der Waals surface area contributed by atoms with Crippen LogP contribution >= 0.6 is 0 Å². The van der Waals surface area contributed by atoms with E-state index in [1.807, 2.05) is 0 Å². The lowest BCUT2D eigenvalue weighted by atomic mass is 9.93. The van der Waals surface area contributed by atoms with Gasteiger partial charge in [-0.1, -0.05) is 18.2 Å². The molecule has 1 N–H and O–H groups in total. The predicted molar refractivity (Wildman–Crippen MR) is 94.9 cm³/mol. The third kappa shape index (κ3) is 3.91. The van der Waals surface area contributed by atoms with Gasteiger partial charge >= 0.3 is 5.97 Å². The van der Waals surface area contributed by atoms with Gasteiger partial charge in [-0.3, -0.25) is 9.59 Å². The molecule has 1 aromatic rings. The van der Waals surface area contributed by atoms with Gasteiger partial charge in [0.25, 0.3) is 0 Å². The number of sulfonamides is 1. The largest absolute Gasteiger partial charge is 0.481 e. The number of carbonyl (C=O) groups excluding carboxylic acids is 1. The zero-order valence-corrected chi connectivity index (χ0v) is 15.4. The molecule has 0 bridgehead atoms. The van der Waals surface area contributed by atoms with Gasteiger partial charge in [-0.25, -0.2) is 8.42 Å². The second kappa shape index (κ2) is 7.75. The zero-order chi connectivity index (χ0) is 18.7. The molecule has 0 radical (unpaired) electrons. The maximum absolute atomic E-state index is 12.7. The van der Waals surface area contributed by atoms with Crippen LogP contribution in [0.2, 0.25) is 0 Å². The molecule has 2 aliphatic rings. The molecule has 1 amide bonds. The lowest BCUT2D eigenvalue weighted by Crippen LogP contribution is -2.48. The van der Waals surface area contributed by atoms with E-state index in [9.17, 15) is 18.0 Å². The SMILES string of the molecule is O=C(O)C1CCCN(C(=O)C2CCN(S(=O)(=O)c3ccccc3)CC2)C1. The molecule has 1 atom stereocenters. The topological polar surface area (TPSA) is 95.0 Å². The fraction of sp³-hybridized carbons (Fsp3) is 0.556. The molecular weight excluding hydrogens is 356 g/mol. The Morgan fingerprint density at radius 2 is 1.62 bits per heavy atom. The summed E-state index contributed by atoms with van der Waals surface area (Å²) >= 11 is 0. The van der Waals surface area contributed by atoms with Crippen LogP contribution in [0.4, 0.5) is 0 Å². The van der Waals surface area contributed by atoms with Crippen molar-refractivity contribution in [2.45, 2.75) is 30.6 Å². The van der Waals surface area contributed by atoms with Crippen LogP contribution < -0.4 is 0 Å². The number of carbonyl (C=O) groups is 2. The smallest absolute Gasteiger partial charge is 0.308 e. The Balaban J connectivity index is 1.60. The molecule has 26 heavy (non-hydrogen) atoms. The summed E-state index contributed by atoms with van der Waals surface area (Å²) in [6, 6.07) is 8.31. The molecule has 2 saturated heterocycles. The number of benzene rings is 1. The zero-order valence-electron chi connectivity index (χ0n) is 14.6. The highest BCUT2D eigenvalue weighted by Gasteiger charge is 2.36. The maximum Gasteiger partial charge on any atom is 0.308 e. The van der Waals surface area contributed by atoms with E-state index < -0.39 is 21.9 Å². The van der Waals surface area contributed by atoms with E-state index in [4.69, 9.17) is 5.11 Å². The van der Waals surface area contributed by atoms with Gasteiger partial charge in [0.2, 0.25) is 15.9 Å². The summed E-state index contributed by atoms with van der Waals surface area (Å²) in [5, 5.41) is 9.17. The number of piperidine rings is 2. The lowest BCUT2D eigenvalue weighted by molar-refractivity contribution is -0.147. The first kappa shape index (κ1) is 18.8. The minimum atomic E-state index is -3.53. The number of carboxylic acids is 1. The van der Waals surface area contributed by atoms with E-state index >= 15 is 0 Å². The fourth-order valence-electron chi connectivity index (χ4n) is 3.72. The second-order valence-corrected chi connectivity index (χ2v) is 8.89. The Labute approximate surface area is 153 Å². The van der Waals surface area contributed by atoms with Gasteiger partial charge in [-0.15, -0.1) is 0 Å². The van der Waals surface area contributed by atoms with Gasteiger partial charge in [0.15, 0.2) is 0 Å². The second-order valence-electron chi connectivity index (χ2n) is 6.95. The van der Waals surface area contributed by atoms with Gasteiger partial charge in [-0.2, -0.15) is 4.31 Å². The normalized spacial score (nSPS) is 22.9. The minimum Gasteiger partial charge on any atom is -0.481 e. The number of carboxylic acid groups (broad SMARTS) is 1. The standard InChI is InChI=1S/C18H24N2O5S/c21-17(19-10-4-5-15(13-19)18(22)23)14-8-11-20(12-9-14)26(24,25)16-6-2-1-3-7-16/h1-3,6-7,14-15H,4-5,8-13H2,(H,22,23). The van der Waals surface area contributed by atoms with E-state index in [1.54, 1.807) is 35.2 Å². The maximum atomic E-state index is 12.7. The Bertz CT molecular complexity index is 757. The molecule has 8 heteroatoms. The molecule has 2 fully saturated rings. The first-order valence-electron chi connectivity index (χ1n) is 8.96. The van der Waals surface area contributed by atoms with Crippen molar-refractivity contribution >= 4 is 21.9 Å². The molecule has 0 aromatic heterocycles. The van der Waals surface area contributed by atoms with E-state index in [0.717, 1.165) is 0 Å². The number of rotatable bonds is 4. The molecule has 2 aliphatic heterocycles. The Morgan fingerprint density at radius 1 is 0.962 bits per heavy atom. The summed E-state index contributed by atoms with van der Waals surface area (Å²) in [4.78, 5) is 25.8. The summed E-state index contributed by atoms with van der Waals surface area (Å²) in [6.07, 6.45) is 2.25. The van der Waals surface area contributed by atoms with Crippen LogP contribution in [0.25, 0.3) is 0 Å². The first-order valence-corrected chi connectivity index (χ1v) is 10.4. The molecule has 0 saturated carbocycles. The fourth-order valence-corrected chi connectivity index (χ4v) is 5.21. The van der Waals surface area contributed by atoms with Gasteiger partial charge in [0, 0.05) is 32.1 Å². The van der Waals surface area contributed by atoms with Crippen LogP contribution in [0.3, 0.4) is 0 Å². The van der Waals surface area contributed by atoms with Crippen LogP contribution in [0.15, 0.2) is 35.2 Å². The molecule has 1 unspecified atom stereocenters. The number of aliphatic carboxylic acids is 1. The third-order valence-corrected chi connectivity index (χ3v) is 7.18. The third-order valence-electron chi connectivity index (χ3n) is 5.27. The molecule has 3 rings (SSSR count). The highest BCUT2D eigenvalue weighted by atomic mass is 32.2. The number of hydrogen-bond acceptors (Lipinski definition) is 4. The van der Waals surface area contributed by atoms with E-state index in [1.165, 1.54) is 4.31 Å². The van der Waals surface area contributed by atoms with Gasteiger partial charge < -0.3 is 10.0 Å². The van der Waals surface area contributed by atoms with Crippen LogP contribution in [-0.4, -0.2) is 60.8 Å². The van der Waals surface area contributed by atoms with Crippen molar-refractivity contribution in [3.05, 3.63) is 30.3 Å². The summed E-state index contributed by atoms with van der Waals surface area (Å²) in [5.41, 5.74) is 0. The highest BCUT2D eigenvalue weighted by molar-refractivity contribution is 7.89. The summed E-state index contributed by atoms with van der Waals surface area (Å²) in [6.45, 7) is 1.47. The van der Waals surface area contributed by atoms with Gasteiger partial charge in [0.05, 0.1) is 10.8 Å². The Morgan fingerprint density at radius 3 is 2.23 bits per heavy atom. The average Bonchev–Trinajstić information content (AvgIpc) is 2.68. The molecule has 0 spiro atoms. The van der Waals surface area contributed by atoms with Gasteiger partial charge in [0.1, 0.15) is 0 Å². The molecular formula is C18H24N2O5S. The molecule has 0 aliphatic carbocycles. The van der Waals surface area contributed by atoms with Crippen LogP contribution in [0, 0.1) is 11.8 Å². The summed E-state index contributed by atoms with van der Waals surface area (Å²) in [5.74, 6) is -1.62. The van der Waals surface area contributed by atoms with Crippen molar-refractivity contribution in [1.82, 2.24) is 9.21 Å². The lowest BCUT2D eigenvalue weighted by Gasteiger charge is -2.36. The van der Waals surface area contributed by atoms with Crippen LogP contribution in [-0.2, 0) is 19.6 Å². The van der Waals surface area contributed by atoms with Crippen LogP contribution in [0.1, 0.15) is 25.7 Å². The van der Waals surface area contributed by atoms with Crippen molar-refractivity contribution in [1.29, 1.82) is 0 Å². The Hall–Kier alpha value is -1.93. The number of nitrogens with zero attached hydrogens (tertiary/aromatic N) is 2. The van der Waals surface area contributed by atoms with Crippen molar-refractivity contribution in [3.63, 3.8) is 0 Å². The monoisotopic (exact) mass is 380 g/mol. The molecule has 142 valence electrons.